The molecule has 0 spiro atoms. The average molecular weight is 370 g/mol. The smallest absolute Gasteiger partial charge is 0.336 e. The lowest BCUT2D eigenvalue weighted by Crippen LogP contribution is -2.32. The number of halogens is 1. The first-order valence-electron chi connectivity index (χ1n) is 6.14. The van der Waals surface area contributed by atoms with E-state index in [0.29, 0.717) is 18.0 Å². The first kappa shape index (κ1) is 17.5. The minimum atomic E-state index is -1.01. The van der Waals surface area contributed by atoms with Gasteiger partial charge in [0.15, 0.2) is 0 Å². The maximum absolute atomic E-state index is 12.1. The fraction of sp³-hybridized carbons (Fsp3) is 0.200. The SMILES string of the molecule is C=CCN(CC=C)C(=O)CSc1cc(Br)ccc1C(=O)O. The molecule has 6 heteroatoms. The minimum absolute atomic E-state index is 0.0869. The molecule has 0 fully saturated rings. The molecule has 0 radical (unpaired) electrons. The molecule has 1 aromatic rings. The molecule has 1 amide bonds. The van der Waals surface area contributed by atoms with Crippen molar-refractivity contribution < 1.29 is 14.7 Å². The van der Waals surface area contributed by atoms with Gasteiger partial charge in [0.1, 0.15) is 0 Å². The maximum Gasteiger partial charge on any atom is 0.336 e. The number of hydrogen-bond acceptors (Lipinski definition) is 3. The highest BCUT2D eigenvalue weighted by molar-refractivity contribution is 9.10. The van der Waals surface area contributed by atoms with Gasteiger partial charge >= 0.3 is 5.97 Å². The summed E-state index contributed by atoms with van der Waals surface area (Å²) in [5.74, 6) is -0.930. The van der Waals surface area contributed by atoms with E-state index in [0.717, 1.165) is 4.47 Å². The number of rotatable bonds is 8. The first-order chi connectivity index (χ1) is 9.99. The van der Waals surface area contributed by atoms with Gasteiger partial charge in [-0.05, 0) is 18.2 Å². The summed E-state index contributed by atoms with van der Waals surface area (Å²) in [7, 11) is 0. The third-order valence-electron chi connectivity index (χ3n) is 2.58. The van der Waals surface area contributed by atoms with Crippen LogP contribution in [-0.4, -0.2) is 40.7 Å². The highest BCUT2D eigenvalue weighted by atomic mass is 79.9. The highest BCUT2D eigenvalue weighted by Gasteiger charge is 2.15. The normalized spacial score (nSPS) is 9.95. The van der Waals surface area contributed by atoms with Crippen molar-refractivity contribution in [2.45, 2.75) is 4.90 Å². The van der Waals surface area contributed by atoms with Gasteiger partial charge in [-0.15, -0.1) is 24.9 Å². The van der Waals surface area contributed by atoms with Crippen LogP contribution < -0.4 is 0 Å². The standard InChI is InChI=1S/C15H16BrNO3S/c1-3-7-17(8-4-2)14(18)10-21-13-9-11(16)5-6-12(13)15(19)20/h3-6,9H,1-2,7-8,10H2,(H,19,20). The molecular weight excluding hydrogens is 354 g/mol. The molecule has 1 aromatic carbocycles. The van der Waals surface area contributed by atoms with E-state index < -0.39 is 5.97 Å². The van der Waals surface area contributed by atoms with Gasteiger partial charge in [-0.1, -0.05) is 28.1 Å². The number of nitrogens with zero attached hydrogens (tertiary/aromatic N) is 1. The van der Waals surface area contributed by atoms with Crippen molar-refractivity contribution in [1.82, 2.24) is 4.90 Å². The predicted octanol–water partition coefficient (Wildman–Crippen LogP) is 3.44. The molecule has 0 aliphatic rings. The third-order valence-corrected chi connectivity index (χ3v) is 4.11. The maximum atomic E-state index is 12.1. The molecule has 1 rings (SSSR count). The largest absolute Gasteiger partial charge is 0.478 e. The predicted molar refractivity (Wildman–Crippen MR) is 88.8 cm³/mol. The van der Waals surface area contributed by atoms with Gasteiger partial charge in [0.25, 0.3) is 0 Å². The molecule has 0 unspecified atom stereocenters. The van der Waals surface area contributed by atoms with E-state index in [9.17, 15) is 9.59 Å². The number of carboxylic acid groups (broad SMARTS) is 1. The van der Waals surface area contributed by atoms with Crippen molar-refractivity contribution in [1.29, 1.82) is 0 Å². The number of aromatic carboxylic acids is 1. The first-order valence-corrected chi connectivity index (χ1v) is 7.92. The summed E-state index contributed by atoms with van der Waals surface area (Å²) in [6, 6.07) is 4.88. The van der Waals surface area contributed by atoms with Crippen LogP contribution in [0.3, 0.4) is 0 Å². The summed E-state index contributed by atoms with van der Waals surface area (Å²) < 4.78 is 0.775. The van der Waals surface area contributed by atoms with Crippen LogP contribution in [0.1, 0.15) is 10.4 Å². The molecule has 112 valence electrons. The van der Waals surface area contributed by atoms with Crippen LogP contribution in [-0.2, 0) is 4.79 Å². The highest BCUT2D eigenvalue weighted by Crippen LogP contribution is 2.27. The van der Waals surface area contributed by atoms with E-state index >= 15 is 0 Å². The number of thioether (sulfide) groups is 1. The van der Waals surface area contributed by atoms with E-state index in [1.807, 2.05) is 0 Å². The van der Waals surface area contributed by atoms with Crippen LogP contribution in [0.25, 0.3) is 0 Å². The quantitative estimate of drug-likeness (QED) is 0.563. The fourth-order valence-electron chi connectivity index (χ4n) is 1.61. The van der Waals surface area contributed by atoms with Crippen LogP contribution in [0, 0.1) is 0 Å². The summed E-state index contributed by atoms with van der Waals surface area (Å²) >= 11 is 4.51. The van der Waals surface area contributed by atoms with Crippen LogP contribution >= 0.6 is 27.7 Å². The van der Waals surface area contributed by atoms with Crippen LogP contribution in [0.5, 0.6) is 0 Å². The zero-order chi connectivity index (χ0) is 15.8. The Morgan fingerprint density at radius 3 is 2.43 bits per heavy atom. The molecule has 1 N–H and O–H groups in total. The van der Waals surface area contributed by atoms with Crippen LogP contribution in [0.15, 0.2) is 52.9 Å². The number of carboxylic acids is 1. The molecule has 0 aliphatic carbocycles. The van der Waals surface area contributed by atoms with Gasteiger partial charge in [0.2, 0.25) is 5.91 Å². The molecule has 0 saturated heterocycles. The summed E-state index contributed by atoms with van der Waals surface area (Å²) in [4.78, 5) is 25.4. The number of hydrogen-bond donors (Lipinski definition) is 1. The Kier molecular flexibility index (Phi) is 7.25. The van der Waals surface area contributed by atoms with Crippen molar-refractivity contribution in [3.8, 4) is 0 Å². The van der Waals surface area contributed by atoms with E-state index in [2.05, 4.69) is 29.1 Å². The lowest BCUT2D eigenvalue weighted by molar-refractivity contribution is -0.127. The topological polar surface area (TPSA) is 57.6 Å². The van der Waals surface area contributed by atoms with Crippen molar-refractivity contribution in [2.75, 3.05) is 18.8 Å². The molecule has 21 heavy (non-hydrogen) atoms. The second-order valence-electron chi connectivity index (χ2n) is 4.11. The third kappa shape index (κ3) is 5.40. The molecule has 0 bridgehead atoms. The van der Waals surface area contributed by atoms with E-state index in [1.54, 1.807) is 29.2 Å². The van der Waals surface area contributed by atoms with Gasteiger partial charge in [-0.2, -0.15) is 0 Å². The van der Waals surface area contributed by atoms with Gasteiger partial charge in [-0.3, -0.25) is 4.79 Å². The summed E-state index contributed by atoms with van der Waals surface area (Å²) in [6.07, 6.45) is 3.29. The lowest BCUT2D eigenvalue weighted by atomic mass is 10.2. The van der Waals surface area contributed by atoms with Crippen LogP contribution in [0.4, 0.5) is 0 Å². The minimum Gasteiger partial charge on any atom is -0.478 e. The van der Waals surface area contributed by atoms with Crippen molar-refractivity contribution >= 4 is 39.6 Å². The van der Waals surface area contributed by atoms with Gasteiger partial charge in [-0.25, -0.2) is 4.79 Å². The fourth-order valence-corrected chi connectivity index (χ4v) is 3.11. The number of carbonyl (C=O) groups excluding carboxylic acids is 1. The molecule has 4 nitrogen and oxygen atoms in total. The Morgan fingerprint density at radius 1 is 1.29 bits per heavy atom. The molecule has 0 heterocycles. The van der Waals surface area contributed by atoms with Crippen molar-refractivity contribution in [3.05, 3.63) is 53.5 Å². The number of carbonyl (C=O) groups is 2. The number of amides is 1. The zero-order valence-electron chi connectivity index (χ0n) is 11.4. The van der Waals surface area contributed by atoms with Gasteiger partial charge < -0.3 is 10.0 Å². The summed E-state index contributed by atoms with van der Waals surface area (Å²) in [5, 5.41) is 9.15. The van der Waals surface area contributed by atoms with E-state index in [1.165, 1.54) is 17.8 Å². The molecule has 0 aromatic heterocycles. The molecule has 0 aliphatic heterocycles. The Bertz CT molecular complexity index is 550. The van der Waals surface area contributed by atoms with E-state index in [4.69, 9.17) is 5.11 Å². The summed E-state index contributed by atoms with van der Waals surface area (Å²) in [5.41, 5.74) is 0.190. The monoisotopic (exact) mass is 369 g/mol. The second kappa shape index (κ2) is 8.69. The Hall–Kier alpha value is -1.53. The van der Waals surface area contributed by atoms with Gasteiger partial charge in [0, 0.05) is 22.5 Å². The Balaban J connectivity index is 2.80. The Morgan fingerprint density at radius 2 is 1.90 bits per heavy atom. The summed E-state index contributed by atoms with van der Waals surface area (Å²) in [6.45, 7) is 8.11. The van der Waals surface area contributed by atoms with E-state index in [-0.39, 0.29) is 17.2 Å². The molecule has 0 atom stereocenters. The average Bonchev–Trinajstić information content (AvgIpc) is 2.44. The molecule has 0 saturated carbocycles. The molecular formula is C15H16BrNO3S. The number of benzene rings is 1. The lowest BCUT2D eigenvalue weighted by Gasteiger charge is -2.19. The van der Waals surface area contributed by atoms with Gasteiger partial charge in [0.05, 0.1) is 11.3 Å². The Labute approximate surface area is 136 Å². The second-order valence-corrected chi connectivity index (χ2v) is 6.04. The zero-order valence-corrected chi connectivity index (χ0v) is 13.8. The van der Waals surface area contributed by atoms with Crippen LogP contribution in [0.2, 0.25) is 0 Å². The van der Waals surface area contributed by atoms with Crippen molar-refractivity contribution in [2.24, 2.45) is 0 Å². The van der Waals surface area contributed by atoms with Crippen molar-refractivity contribution in [3.63, 3.8) is 0 Å².